The third-order valence-electron chi connectivity index (χ3n) is 1.16. The summed E-state index contributed by atoms with van der Waals surface area (Å²) in [6.07, 6.45) is 1.56. The van der Waals surface area contributed by atoms with Gasteiger partial charge < -0.3 is 9.40 Å². The zero-order valence-electron chi connectivity index (χ0n) is 6.50. The van der Waals surface area contributed by atoms with Crippen molar-refractivity contribution >= 4 is 17.8 Å². The number of halogens is 1. The molecule has 0 radical (unpaired) electrons. The second-order valence-electron chi connectivity index (χ2n) is 2.34. The number of carbonyl (C=O) groups is 1. The van der Waals surface area contributed by atoms with Crippen LogP contribution in [0.25, 0.3) is 0 Å². The molecule has 0 saturated heterocycles. The van der Waals surface area contributed by atoms with Gasteiger partial charge >= 0.3 is 5.97 Å². The number of hydrogen-bond donors (Lipinski definition) is 1. The summed E-state index contributed by atoms with van der Waals surface area (Å²) in [4.78, 5) is 10.6. The van der Waals surface area contributed by atoms with E-state index in [1.807, 2.05) is 0 Å². The summed E-state index contributed by atoms with van der Waals surface area (Å²) in [5, 5.41) is 8.83. The van der Waals surface area contributed by atoms with E-state index in [1.165, 1.54) is 0 Å². The monoisotopic (exact) mass is 178 g/mol. The zero-order valence-corrected chi connectivity index (χ0v) is 7.26. The first-order valence-corrected chi connectivity index (χ1v) is 3.56. The smallest absolute Gasteiger partial charge is 0.351 e. The van der Waals surface area contributed by atoms with Gasteiger partial charge in [0.15, 0.2) is 0 Å². The van der Waals surface area contributed by atoms with Crippen molar-refractivity contribution in [2.24, 2.45) is 0 Å². The van der Waals surface area contributed by atoms with Crippen LogP contribution in [0.3, 0.4) is 0 Å². The van der Waals surface area contributed by atoms with E-state index in [2.05, 4.69) is 4.29 Å². The minimum Gasteiger partial charge on any atom is -0.393 e. The molecule has 0 aromatic heterocycles. The molecule has 1 N–H and O–H groups in total. The van der Waals surface area contributed by atoms with Crippen molar-refractivity contribution < 1.29 is 14.2 Å². The van der Waals surface area contributed by atoms with Crippen LogP contribution in [-0.2, 0) is 9.08 Å². The lowest BCUT2D eigenvalue weighted by atomic mass is 10.2. The molecule has 0 rings (SSSR count). The van der Waals surface area contributed by atoms with Crippen molar-refractivity contribution in [2.45, 2.75) is 26.4 Å². The molecule has 0 aliphatic carbocycles. The molecule has 0 aliphatic heterocycles. The van der Waals surface area contributed by atoms with Crippen LogP contribution < -0.4 is 0 Å². The van der Waals surface area contributed by atoms with E-state index in [-0.39, 0.29) is 0 Å². The van der Waals surface area contributed by atoms with Crippen LogP contribution in [0.15, 0.2) is 11.6 Å². The predicted molar refractivity (Wildman–Crippen MR) is 42.0 cm³/mol. The molecule has 3 nitrogen and oxygen atoms in total. The van der Waals surface area contributed by atoms with Gasteiger partial charge in [-0.05, 0) is 20.3 Å². The first-order chi connectivity index (χ1) is 5.07. The molecule has 0 aromatic carbocycles. The van der Waals surface area contributed by atoms with Gasteiger partial charge in [-0.1, -0.05) is 6.08 Å². The fraction of sp³-hybridized carbons (Fsp3) is 0.571. The molecule has 0 bridgehead atoms. The summed E-state index contributed by atoms with van der Waals surface area (Å²) in [6, 6.07) is 0. The molecule has 4 heteroatoms. The van der Waals surface area contributed by atoms with Crippen LogP contribution in [0.2, 0.25) is 0 Å². The topological polar surface area (TPSA) is 46.5 Å². The van der Waals surface area contributed by atoms with Crippen molar-refractivity contribution in [3.05, 3.63) is 11.6 Å². The highest BCUT2D eigenvalue weighted by atomic mass is 35.5. The second-order valence-corrected chi connectivity index (χ2v) is 2.49. The van der Waals surface area contributed by atoms with Gasteiger partial charge in [0, 0.05) is 5.57 Å². The Labute approximate surface area is 70.8 Å². The first-order valence-electron chi connectivity index (χ1n) is 3.25. The largest absolute Gasteiger partial charge is 0.393 e. The fourth-order valence-electron chi connectivity index (χ4n) is 0.492. The predicted octanol–water partition coefficient (Wildman–Crippen LogP) is 1.40. The van der Waals surface area contributed by atoms with Gasteiger partial charge in [0.1, 0.15) is 11.9 Å². The Balaban J connectivity index is 3.90. The molecule has 1 atom stereocenters. The Morgan fingerprint density at radius 2 is 2.36 bits per heavy atom. The van der Waals surface area contributed by atoms with Crippen LogP contribution in [0.5, 0.6) is 0 Å². The highest BCUT2D eigenvalue weighted by Gasteiger charge is 2.03. The Morgan fingerprint density at radius 1 is 1.82 bits per heavy atom. The number of rotatable bonds is 3. The summed E-state index contributed by atoms with van der Waals surface area (Å²) in [5.74, 6) is -0.577. The van der Waals surface area contributed by atoms with Crippen molar-refractivity contribution in [1.29, 1.82) is 0 Å². The molecule has 0 spiro atoms. The van der Waals surface area contributed by atoms with Crippen molar-refractivity contribution in [3.63, 3.8) is 0 Å². The lowest BCUT2D eigenvalue weighted by Gasteiger charge is -1.98. The minimum absolute atomic E-state index is 0.404. The summed E-state index contributed by atoms with van der Waals surface area (Å²) in [6.45, 7) is 3.21. The second kappa shape index (κ2) is 5.16. The van der Waals surface area contributed by atoms with E-state index < -0.39 is 12.1 Å². The van der Waals surface area contributed by atoms with Crippen LogP contribution in [0, 0.1) is 0 Å². The van der Waals surface area contributed by atoms with E-state index in [1.54, 1.807) is 19.9 Å². The fourth-order valence-corrected chi connectivity index (χ4v) is 0.613. The normalized spacial score (nSPS) is 14.4. The number of aliphatic hydroxyl groups excluding tert-OH is 1. The molecule has 0 aromatic rings. The molecular formula is C7H11ClO3. The van der Waals surface area contributed by atoms with Gasteiger partial charge in [-0.3, -0.25) is 0 Å². The van der Waals surface area contributed by atoms with Crippen LogP contribution >= 0.6 is 11.9 Å². The Morgan fingerprint density at radius 3 is 2.73 bits per heavy atom. The third-order valence-corrected chi connectivity index (χ3v) is 1.30. The van der Waals surface area contributed by atoms with E-state index in [0.717, 1.165) is 0 Å². The molecule has 0 aliphatic rings. The van der Waals surface area contributed by atoms with E-state index in [4.69, 9.17) is 17.0 Å². The molecule has 11 heavy (non-hydrogen) atoms. The molecule has 64 valence electrons. The number of carbonyl (C=O) groups excluding carboxylic acids is 1. The summed E-state index contributed by atoms with van der Waals surface area (Å²) < 4.78 is 3.93. The van der Waals surface area contributed by atoms with Gasteiger partial charge in [-0.25, -0.2) is 4.79 Å². The first kappa shape index (κ1) is 10.5. The maximum Gasteiger partial charge on any atom is 0.351 e. The third kappa shape index (κ3) is 4.81. The standard InChI is InChI=1S/C7H11ClO3/c1-5(7(10)11-8)3-4-6(2)9/h3,6,9H,4H2,1-2H3. The SMILES string of the molecule is CC(=CCC(C)O)C(=O)OCl. The average Bonchev–Trinajstić information content (AvgIpc) is 1.98. The Bertz CT molecular complexity index is 163. The van der Waals surface area contributed by atoms with Crippen LogP contribution in [0.1, 0.15) is 20.3 Å². The van der Waals surface area contributed by atoms with Crippen molar-refractivity contribution in [2.75, 3.05) is 0 Å². The average molecular weight is 179 g/mol. The lowest BCUT2D eigenvalue weighted by Crippen LogP contribution is -2.01. The van der Waals surface area contributed by atoms with Gasteiger partial charge in [0.05, 0.1) is 6.10 Å². The van der Waals surface area contributed by atoms with Gasteiger partial charge in [-0.2, -0.15) is 0 Å². The Kier molecular flexibility index (Phi) is 4.90. The van der Waals surface area contributed by atoms with Crippen LogP contribution in [-0.4, -0.2) is 17.2 Å². The van der Waals surface area contributed by atoms with E-state index in [9.17, 15) is 4.79 Å². The van der Waals surface area contributed by atoms with Crippen molar-refractivity contribution in [3.8, 4) is 0 Å². The Hall–Kier alpha value is -0.540. The van der Waals surface area contributed by atoms with E-state index in [0.29, 0.717) is 12.0 Å². The lowest BCUT2D eigenvalue weighted by molar-refractivity contribution is -0.129. The highest BCUT2D eigenvalue weighted by Crippen LogP contribution is 2.02. The summed E-state index contributed by atoms with van der Waals surface area (Å²) >= 11 is 4.81. The number of aliphatic hydroxyl groups is 1. The highest BCUT2D eigenvalue weighted by molar-refractivity contribution is 6.15. The minimum atomic E-state index is -0.577. The van der Waals surface area contributed by atoms with Crippen molar-refractivity contribution in [1.82, 2.24) is 0 Å². The summed E-state index contributed by atoms with van der Waals surface area (Å²) in [5.41, 5.74) is 0.404. The number of hydrogen-bond acceptors (Lipinski definition) is 3. The van der Waals surface area contributed by atoms with Crippen LogP contribution in [0.4, 0.5) is 0 Å². The zero-order chi connectivity index (χ0) is 8.85. The quantitative estimate of drug-likeness (QED) is 0.665. The van der Waals surface area contributed by atoms with E-state index >= 15 is 0 Å². The van der Waals surface area contributed by atoms with Gasteiger partial charge in [0.2, 0.25) is 0 Å². The molecule has 0 amide bonds. The van der Waals surface area contributed by atoms with Gasteiger partial charge in [0.25, 0.3) is 0 Å². The maximum atomic E-state index is 10.6. The molecule has 1 unspecified atom stereocenters. The van der Waals surface area contributed by atoms with Gasteiger partial charge in [-0.15, -0.1) is 0 Å². The summed E-state index contributed by atoms with van der Waals surface area (Å²) in [7, 11) is 0. The molecule has 0 fully saturated rings. The molecular weight excluding hydrogens is 168 g/mol. The maximum absolute atomic E-state index is 10.6. The molecule has 0 saturated carbocycles. The molecule has 0 heterocycles.